The zero-order valence-electron chi connectivity index (χ0n) is 20.8. The quantitative estimate of drug-likeness (QED) is 0.597. The van der Waals surface area contributed by atoms with Crippen molar-refractivity contribution in [1.29, 1.82) is 0 Å². The lowest BCUT2D eigenvalue weighted by molar-refractivity contribution is -0.203. The third-order valence-corrected chi connectivity index (χ3v) is 10.7. The van der Waals surface area contributed by atoms with Crippen molar-refractivity contribution in [2.24, 2.45) is 17.8 Å². The van der Waals surface area contributed by atoms with Crippen molar-refractivity contribution >= 4 is 15.7 Å². The number of alkyl halides is 3. The molecule has 0 aromatic rings. The van der Waals surface area contributed by atoms with Crippen LogP contribution in [0.4, 0.5) is 13.2 Å². The minimum Gasteiger partial charge on any atom is -0.380 e. The molecule has 11 heteroatoms. The number of hydrogen-bond acceptors (Lipinski definition) is 6. The van der Waals surface area contributed by atoms with Gasteiger partial charge in [-0.2, -0.15) is 13.2 Å². The maximum Gasteiger partial charge on any atom is 0.409 e. The molecule has 202 valence electrons. The Balaban J connectivity index is 1.40. The van der Waals surface area contributed by atoms with Gasteiger partial charge in [-0.05, 0) is 63.8 Å². The number of amides is 1. The molecule has 3 saturated heterocycles. The summed E-state index contributed by atoms with van der Waals surface area (Å²) < 4.78 is 71.8. The van der Waals surface area contributed by atoms with Gasteiger partial charge in [0.2, 0.25) is 5.91 Å². The minimum atomic E-state index is -4.52. The lowest BCUT2D eigenvalue weighted by Gasteiger charge is -2.51. The van der Waals surface area contributed by atoms with Crippen molar-refractivity contribution in [2.45, 2.75) is 81.8 Å². The van der Waals surface area contributed by atoms with E-state index in [0.717, 1.165) is 37.4 Å². The Labute approximate surface area is 207 Å². The van der Waals surface area contributed by atoms with Crippen molar-refractivity contribution in [3.8, 4) is 0 Å². The van der Waals surface area contributed by atoms with Gasteiger partial charge >= 0.3 is 6.18 Å². The molecule has 1 N–H and O–H groups in total. The Bertz CT molecular complexity index is 833. The molecule has 0 bridgehead atoms. The predicted octanol–water partition coefficient (Wildman–Crippen LogP) is 2.46. The average molecular weight is 524 g/mol. The number of rotatable bonds is 5. The van der Waals surface area contributed by atoms with Gasteiger partial charge in [-0.1, -0.05) is 0 Å². The molecule has 35 heavy (non-hydrogen) atoms. The second kappa shape index (κ2) is 10.8. The van der Waals surface area contributed by atoms with E-state index in [0.29, 0.717) is 37.6 Å². The van der Waals surface area contributed by atoms with Crippen LogP contribution >= 0.6 is 0 Å². The molecule has 4 atom stereocenters. The Morgan fingerprint density at radius 1 is 1.06 bits per heavy atom. The topological polar surface area (TPSA) is 79.0 Å². The molecular formula is C24H40F3N3O4S. The number of methoxy groups -OCH3 is 1. The number of piperidine rings is 2. The first-order chi connectivity index (χ1) is 16.5. The van der Waals surface area contributed by atoms with Crippen LogP contribution in [0.3, 0.4) is 0 Å². The van der Waals surface area contributed by atoms with Gasteiger partial charge in [0.1, 0.15) is 15.9 Å². The molecule has 1 saturated carbocycles. The van der Waals surface area contributed by atoms with E-state index in [1.165, 1.54) is 7.05 Å². The zero-order valence-corrected chi connectivity index (χ0v) is 21.6. The number of carbonyl (C=O) groups excluding carboxylic acids is 1. The van der Waals surface area contributed by atoms with Gasteiger partial charge in [-0.25, -0.2) is 8.42 Å². The van der Waals surface area contributed by atoms with Gasteiger partial charge in [0, 0.05) is 51.2 Å². The molecule has 3 heterocycles. The molecule has 1 aliphatic carbocycles. The smallest absolute Gasteiger partial charge is 0.380 e. The second-order valence-electron chi connectivity index (χ2n) is 11.0. The summed E-state index contributed by atoms with van der Waals surface area (Å²) in [7, 11) is -0.181. The highest BCUT2D eigenvalue weighted by atomic mass is 32.2. The lowest BCUT2D eigenvalue weighted by atomic mass is 9.76. The first kappa shape index (κ1) is 27.1. The zero-order chi connectivity index (χ0) is 25.4. The molecule has 0 spiro atoms. The molecule has 4 fully saturated rings. The SMILES string of the molecule is COC1CNCC2C1CCCN2C1CCC([C@@H](N(C)C(=O)C2CCS(=O)(=O)CC2)C(F)(F)F)CC1. The Morgan fingerprint density at radius 2 is 1.71 bits per heavy atom. The summed E-state index contributed by atoms with van der Waals surface area (Å²) in [5.74, 6) is -1.65. The van der Waals surface area contributed by atoms with E-state index in [-0.39, 0.29) is 36.5 Å². The van der Waals surface area contributed by atoms with Crippen LogP contribution in [-0.4, -0.2) is 99.8 Å². The van der Waals surface area contributed by atoms with Gasteiger partial charge < -0.3 is 15.0 Å². The largest absolute Gasteiger partial charge is 0.409 e. The Hall–Kier alpha value is -0.910. The summed E-state index contributed by atoms with van der Waals surface area (Å²) in [5, 5.41) is 3.47. The summed E-state index contributed by atoms with van der Waals surface area (Å²) in [6, 6.07) is -1.21. The molecule has 4 rings (SSSR count). The number of halogens is 3. The van der Waals surface area contributed by atoms with Crippen LogP contribution in [0.15, 0.2) is 0 Å². The lowest BCUT2D eigenvalue weighted by Crippen LogP contribution is -2.62. The summed E-state index contributed by atoms with van der Waals surface area (Å²) in [6.45, 7) is 2.71. The molecule has 0 radical (unpaired) electrons. The summed E-state index contributed by atoms with van der Waals surface area (Å²) in [4.78, 5) is 16.4. The van der Waals surface area contributed by atoms with Crippen molar-refractivity contribution in [3.63, 3.8) is 0 Å². The van der Waals surface area contributed by atoms with Gasteiger partial charge in [0.25, 0.3) is 0 Å². The van der Waals surface area contributed by atoms with E-state index < -0.39 is 39.8 Å². The summed E-state index contributed by atoms with van der Waals surface area (Å²) in [5.41, 5.74) is 0. The standard InChI is InChI=1S/C24H40F3N3O4S/c1-29(23(31)17-9-12-35(32,33)13-10-17)22(24(25,26)27)16-5-7-18(8-6-16)30-11-3-4-19-20(30)14-28-15-21(19)34-2/h16-22,28H,3-15H2,1-2H3/t16?,18?,19?,20?,21?,22-/m1/s1. The molecule has 0 aromatic heterocycles. The number of hydrogen-bond donors (Lipinski definition) is 1. The van der Waals surface area contributed by atoms with Crippen LogP contribution in [0.2, 0.25) is 0 Å². The highest BCUT2D eigenvalue weighted by molar-refractivity contribution is 7.91. The van der Waals surface area contributed by atoms with Crippen LogP contribution < -0.4 is 5.32 Å². The van der Waals surface area contributed by atoms with E-state index in [1.54, 1.807) is 7.11 Å². The van der Waals surface area contributed by atoms with Gasteiger partial charge in [0.15, 0.2) is 0 Å². The van der Waals surface area contributed by atoms with Crippen molar-refractivity contribution < 1.29 is 31.1 Å². The van der Waals surface area contributed by atoms with Gasteiger partial charge in [0.05, 0.1) is 17.6 Å². The molecule has 3 aliphatic heterocycles. The predicted molar refractivity (Wildman–Crippen MR) is 127 cm³/mol. The number of carbonyl (C=O) groups is 1. The Morgan fingerprint density at radius 3 is 2.31 bits per heavy atom. The van der Waals surface area contributed by atoms with E-state index in [9.17, 15) is 26.4 Å². The highest BCUT2D eigenvalue weighted by Gasteiger charge is 2.51. The third kappa shape index (κ3) is 5.99. The van der Waals surface area contributed by atoms with Crippen LogP contribution in [0, 0.1) is 17.8 Å². The van der Waals surface area contributed by atoms with Crippen molar-refractivity contribution in [2.75, 3.05) is 45.3 Å². The molecule has 3 unspecified atom stereocenters. The van der Waals surface area contributed by atoms with E-state index in [4.69, 9.17) is 4.74 Å². The normalized spacial score (nSPS) is 35.7. The molecule has 1 amide bonds. The number of fused-ring (bicyclic) bond motifs is 1. The van der Waals surface area contributed by atoms with Gasteiger partial charge in [-0.15, -0.1) is 0 Å². The molecule has 7 nitrogen and oxygen atoms in total. The number of nitrogens with zero attached hydrogens (tertiary/aromatic N) is 2. The van der Waals surface area contributed by atoms with E-state index >= 15 is 0 Å². The van der Waals surface area contributed by atoms with Crippen LogP contribution in [0.1, 0.15) is 51.4 Å². The van der Waals surface area contributed by atoms with E-state index in [2.05, 4.69) is 10.2 Å². The van der Waals surface area contributed by atoms with Crippen LogP contribution in [-0.2, 0) is 19.4 Å². The maximum atomic E-state index is 14.2. The molecular weight excluding hydrogens is 483 g/mol. The highest BCUT2D eigenvalue weighted by Crippen LogP contribution is 2.41. The van der Waals surface area contributed by atoms with Crippen molar-refractivity contribution in [3.05, 3.63) is 0 Å². The summed E-state index contributed by atoms with van der Waals surface area (Å²) >= 11 is 0. The van der Waals surface area contributed by atoms with Crippen LogP contribution in [0.5, 0.6) is 0 Å². The van der Waals surface area contributed by atoms with E-state index in [1.807, 2.05) is 0 Å². The number of nitrogens with one attached hydrogen (secondary N) is 1. The second-order valence-corrected chi connectivity index (χ2v) is 13.3. The van der Waals surface area contributed by atoms with Gasteiger partial charge in [-0.3, -0.25) is 9.69 Å². The Kier molecular flexibility index (Phi) is 8.40. The summed E-state index contributed by atoms with van der Waals surface area (Å²) in [6.07, 6.45) is 0.343. The van der Waals surface area contributed by atoms with Crippen LogP contribution in [0.25, 0.3) is 0 Å². The molecule has 0 aromatic carbocycles. The number of ether oxygens (including phenoxy) is 1. The first-order valence-electron chi connectivity index (χ1n) is 13.0. The fourth-order valence-electron chi connectivity index (χ4n) is 7.17. The monoisotopic (exact) mass is 523 g/mol. The molecule has 4 aliphatic rings. The number of sulfone groups is 1. The number of likely N-dealkylation sites (tertiary alicyclic amines) is 1. The fraction of sp³-hybridized carbons (Fsp3) is 0.958. The fourth-order valence-corrected chi connectivity index (χ4v) is 8.66. The minimum absolute atomic E-state index is 0.108. The maximum absolute atomic E-state index is 14.2. The first-order valence-corrected chi connectivity index (χ1v) is 14.9. The third-order valence-electron chi connectivity index (χ3n) is 9.01. The van der Waals surface area contributed by atoms with Crippen molar-refractivity contribution in [1.82, 2.24) is 15.1 Å². The average Bonchev–Trinajstić information content (AvgIpc) is 2.82.